The van der Waals surface area contributed by atoms with Crippen LogP contribution in [0.25, 0.3) is 5.52 Å². The van der Waals surface area contributed by atoms with Crippen molar-refractivity contribution in [3.8, 4) is 6.07 Å². The number of hydrogen-bond acceptors (Lipinski definition) is 5. The lowest BCUT2D eigenvalue weighted by Gasteiger charge is -2.21. The number of rotatable bonds is 9. The van der Waals surface area contributed by atoms with Crippen molar-refractivity contribution < 1.29 is 9.59 Å². The molecule has 0 saturated carbocycles. The highest BCUT2D eigenvalue weighted by molar-refractivity contribution is 6.06. The van der Waals surface area contributed by atoms with Crippen molar-refractivity contribution >= 4 is 17.2 Å². The highest BCUT2D eigenvalue weighted by Crippen LogP contribution is 2.24. The summed E-state index contributed by atoms with van der Waals surface area (Å²) in [5.41, 5.74) is 4.18. The number of benzene rings is 2. The van der Waals surface area contributed by atoms with Crippen molar-refractivity contribution in [2.45, 2.75) is 25.8 Å². The standard InChI is InChI=1S/C28H27N5O2/c1-3-30-28(35)23-13-14-25-24(17-32-33(25)18-23)27(34)26(22-7-5-4-6-8-22)31-16-19(2)21-11-9-20(15-29)10-12-21/h4-14,17-19,26,31H,3,16H2,1-2H3,(H,30,35)/t19-,26+/m0/s1. The molecule has 0 bridgehead atoms. The van der Waals surface area contributed by atoms with Crippen LogP contribution in [0.2, 0.25) is 0 Å². The topological polar surface area (TPSA) is 99.3 Å². The van der Waals surface area contributed by atoms with E-state index in [9.17, 15) is 9.59 Å². The number of fused-ring (bicyclic) bond motifs is 1. The molecule has 0 spiro atoms. The summed E-state index contributed by atoms with van der Waals surface area (Å²) in [4.78, 5) is 25.9. The number of nitriles is 1. The molecule has 2 aromatic carbocycles. The zero-order valence-corrected chi connectivity index (χ0v) is 19.7. The van der Waals surface area contributed by atoms with Gasteiger partial charge in [-0.05, 0) is 48.2 Å². The molecule has 4 aromatic rings. The lowest BCUT2D eigenvalue weighted by atomic mass is 9.95. The van der Waals surface area contributed by atoms with E-state index in [1.54, 1.807) is 41.2 Å². The predicted octanol–water partition coefficient (Wildman–Crippen LogP) is 4.27. The fourth-order valence-electron chi connectivity index (χ4n) is 4.03. The first-order valence-corrected chi connectivity index (χ1v) is 11.6. The van der Waals surface area contributed by atoms with Crippen LogP contribution >= 0.6 is 0 Å². The number of carbonyl (C=O) groups is 2. The van der Waals surface area contributed by atoms with Gasteiger partial charge in [-0.1, -0.05) is 49.4 Å². The van der Waals surface area contributed by atoms with E-state index >= 15 is 0 Å². The molecule has 0 aliphatic carbocycles. The number of pyridine rings is 1. The molecule has 35 heavy (non-hydrogen) atoms. The van der Waals surface area contributed by atoms with E-state index in [1.165, 1.54) is 0 Å². The molecule has 7 heteroatoms. The molecule has 0 fully saturated rings. The second kappa shape index (κ2) is 10.8. The van der Waals surface area contributed by atoms with Gasteiger partial charge in [0.25, 0.3) is 5.91 Å². The molecular weight excluding hydrogens is 438 g/mol. The average Bonchev–Trinajstić information content (AvgIpc) is 3.32. The van der Waals surface area contributed by atoms with Gasteiger partial charge in [0.1, 0.15) is 0 Å². The Hall–Kier alpha value is -4.28. The molecular formula is C28H27N5O2. The monoisotopic (exact) mass is 465 g/mol. The van der Waals surface area contributed by atoms with Crippen LogP contribution in [0.4, 0.5) is 0 Å². The van der Waals surface area contributed by atoms with Crippen LogP contribution in [0.15, 0.2) is 79.1 Å². The van der Waals surface area contributed by atoms with Gasteiger partial charge >= 0.3 is 0 Å². The van der Waals surface area contributed by atoms with Gasteiger partial charge in [0.2, 0.25) is 0 Å². The number of nitrogens with zero attached hydrogens (tertiary/aromatic N) is 3. The SMILES string of the molecule is CCNC(=O)c1ccc2c(C(=O)[C@H](NC[C@H](C)c3ccc(C#N)cc3)c3ccccc3)cnn2c1. The van der Waals surface area contributed by atoms with Crippen molar-refractivity contribution in [2.24, 2.45) is 0 Å². The second-order valence-electron chi connectivity index (χ2n) is 8.42. The van der Waals surface area contributed by atoms with E-state index in [0.29, 0.717) is 35.3 Å². The minimum absolute atomic E-state index is 0.0935. The minimum Gasteiger partial charge on any atom is -0.352 e. The zero-order chi connectivity index (χ0) is 24.8. The maximum atomic E-state index is 13.7. The van der Waals surface area contributed by atoms with E-state index in [4.69, 9.17) is 5.26 Å². The van der Waals surface area contributed by atoms with Gasteiger partial charge in [0.15, 0.2) is 5.78 Å². The van der Waals surface area contributed by atoms with Gasteiger partial charge in [0, 0.05) is 19.3 Å². The molecule has 0 saturated heterocycles. The van der Waals surface area contributed by atoms with Crippen molar-refractivity contribution in [1.82, 2.24) is 20.2 Å². The van der Waals surface area contributed by atoms with Crippen molar-refractivity contribution in [2.75, 3.05) is 13.1 Å². The normalized spacial score (nSPS) is 12.6. The van der Waals surface area contributed by atoms with Gasteiger partial charge in [0.05, 0.1) is 40.5 Å². The fraction of sp³-hybridized carbons (Fsp3) is 0.214. The summed E-state index contributed by atoms with van der Waals surface area (Å²) in [6.07, 6.45) is 3.19. The van der Waals surface area contributed by atoms with Gasteiger partial charge in [-0.2, -0.15) is 10.4 Å². The number of hydrogen-bond donors (Lipinski definition) is 2. The van der Waals surface area contributed by atoms with Crippen molar-refractivity contribution in [3.05, 3.63) is 107 Å². The van der Waals surface area contributed by atoms with Crippen LogP contribution in [0, 0.1) is 11.3 Å². The second-order valence-corrected chi connectivity index (χ2v) is 8.42. The highest BCUT2D eigenvalue weighted by Gasteiger charge is 2.25. The molecule has 4 rings (SSSR count). The summed E-state index contributed by atoms with van der Waals surface area (Å²) < 4.78 is 1.57. The van der Waals surface area contributed by atoms with Crippen LogP contribution in [-0.2, 0) is 0 Å². The Balaban J connectivity index is 1.59. The smallest absolute Gasteiger partial charge is 0.252 e. The summed E-state index contributed by atoms with van der Waals surface area (Å²) in [5, 5.41) is 19.6. The van der Waals surface area contributed by atoms with E-state index in [2.05, 4.69) is 28.7 Å². The Morgan fingerprint density at radius 2 is 1.77 bits per heavy atom. The highest BCUT2D eigenvalue weighted by atomic mass is 16.1. The molecule has 0 radical (unpaired) electrons. The number of amides is 1. The minimum atomic E-state index is -0.562. The molecule has 2 aromatic heterocycles. The fourth-order valence-corrected chi connectivity index (χ4v) is 4.03. The Kier molecular flexibility index (Phi) is 7.34. The van der Waals surface area contributed by atoms with Gasteiger partial charge in [-0.15, -0.1) is 0 Å². The molecule has 7 nitrogen and oxygen atoms in total. The van der Waals surface area contributed by atoms with Gasteiger partial charge in [-0.3, -0.25) is 9.59 Å². The molecule has 2 atom stereocenters. The number of nitrogens with one attached hydrogen (secondary N) is 2. The first-order valence-electron chi connectivity index (χ1n) is 11.6. The molecule has 0 unspecified atom stereocenters. The van der Waals surface area contributed by atoms with Crippen LogP contribution < -0.4 is 10.6 Å². The number of aromatic nitrogens is 2. The molecule has 176 valence electrons. The Labute approximate surface area is 204 Å². The third-order valence-electron chi connectivity index (χ3n) is 6.01. The summed E-state index contributed by atoms with van der Waals surface area (Å²) in [7, 11) is 0. The Bertz CT molecular complexity index is 1370. The van der Waals surface area contributed by atoms with Crippen molar-refractivity contribution in [1.29, 1.82) is 5.26 Å². The van der Waals surface area contributed by atoms with Crippen LogP contribution in [-0.4, -0.2) is 34.4 Å². The number of ketones is 1. The largest absolute Gasteiger partial charge is 0.352 e. The van der Waals surface area contributed by atoms with E-state index < -0.39 is 6.04 Å². The Morgan fingerprint density at radius 3 is 2.46 bits per heavy atom. The summed E-state index contributed by atoms with van der Waals surface area (Å²) in [6, 6.07) is 22.1. The summed E-state index contributed by atoms with van der Waals surface area (Å²) >= 11 is 0. The molecule has 0 aliphatic rings. The lowest BCUT2D eigenvalue weighted by molar-refractivity contribution is 0.0940. The molecule has 2 heterocycles. The maximum absolute atomic E-state index is 13.7. The van der Waals surface area contributed by atoms with Crippen LogP contribution in [0.3, 0.4) is 0 Å². The quantitative estimate of drug-likeness (QED) is 0.360. The lowest BCUT2D eigenvalue weighted by Crippen LogP contribution is -2.31. The average molecular weight is 466 g/mol. The van der Waals surface area contributed by atoms with E-state index in [1.807, 2.05) is 49.4 Å². The molecule has 2 N–H and O–H groups in total. The number of carbonyl (C=O) groups excluding carboxylic acids is 2. The number of Topliss-reactive ketones (excluding diaryl/α,β-unsaturated/α-hetero) is 1. The predicted molar refractivity (Wildman–Crippen MR) is 134 cm³/mol. The molecule has 1 amide bonds. The van der Waals surface area contributed by atoms with E-state index in [0.717, 1.165) is 11.1 Å². The van der Waals surface area contributed by atoms with Crippen LogP contribution in [0.1, 0.15) is 63.2 Å². The first kappa shape index (κ1) is 23.9. The van der Waals surface area contributed by atoms with Crippen molar-refractivity contribution in [3.63, 3.8) is 0 Å². The third-order valence-corrected chi connectivity index (χ3v) is 6.01. The first-order chi connectivity index (χ1) is 17.0. The third kappa shape index (κ3) is 5.29. The summed E-state index contributed by atoms with van der Waals surface area (Å²) in [5.74, 6) is -0.146. The van der Waals surface area contributed by atoms with Gasteiger partial charge in [-0.25, -0.2) is 4.52 Å². The Morgan fingerprint density at radius 1 is 1.03 bits per heavy atom. The van der Waals surface area contributed by atoms with Crippen LogP contribution in [0.5, 0.6) is 0 Å². The zero-order valence-electron chi connectivity index (χ0n) is 19.7. The maximum Gasteiger partial charge on any atom is 0.252 e. The molecule has 0 aliphatic heterocycles. The van der Waals surface area contributed by atoms with Gasteiger partial charge < -0.3 is 10.6 Å². The summed E-state index contributed by atoms with van der Waals surface area (Å²) in [6.45, 7) is 5.04. The van der Waals surface area contributed by atoms with E-state index in [-0.39, 0.29) is 17.6 Å².